The Morgan fingerprint density at radius 2 is 1.91 bits per heavy atom. The van der Waals surface area contributed by atoms with Crippen LogP contribution in [0.4, 0.5) is 0 Å². The van der Waals surface area contributed by atoms with Gasteiger partial charge in [0.1, 0.15) is 18.1 Å². The third-order valence-corrected chi connectivity index (χ3v) is 5.27. The molecule has 4 aromatic rings. The van der Waals surface area contributed by atoms with Gasteiger partial charge in [-0.1, -0.05) is 67.0 Å². The molecule has 1 unspecified atom stereocenters. The molecule has 3 aromatic carbocycles. The lowest BCUT2D eigenvalue weighted by Crippen LogP contribution is -2.01. The second-order valence-electron chi connectivity index (χ2n) is 7.50. The number of aromatic amines is 1. The second-order valence-corrected chi connectivity index (χ2v) is 7.50. The minimum Gasteiger partial charge on any atom is -0.508 e. The summed E-state index contributed by atoms with van der Waals surface area (Å²) in [6.45, 7) is 2.42. The number of ether oxygens (including phenoxy) is 1. The molecule has 0 radical (unpaired) electrons. The lowest BCUT2D eigenvalue weighted by molar-refractivity contribution is 0.300. The van der Waals surface area contributed by atoms with Gasteiger partial charge in [-0.2, -0.15) is 5.21 Å². The van der Waals surface area contributed by atoms with E-state index < -0.39 is 6.04 Å². The molecule has 0 aliphatic rings. The summed E-state index contributed by atoms with van der Waals surface area (Å²) in [6, 6.07) is 20.1. The summed E-state index contributed by atoms with van der Waals surface area (Å²) in [5.74, 6) is 1.41. The summed E-state index contributed by atoms with van der Waals surface area (Å²) >= 11 is 0. The molecule has 2 N–H and O–H groups in total. The van der Waals surface area contributed by atoms with Gasteiger partial charge >= 0.3 is 0 Å². The molecular formula is C24H23N7O2. The van der Waals surface area contributed by atoms with Crippen molar-refractivity contribution >= 4 is 0 Å². The lowest BCUT2D eigenvalue weighted by atomic mass is 9.97. The maximum atomic E-state index is 10.1. The highest BCUT2D eigenvalue weighted by molar-refractivity contribution is 5.56. The molecule has 0 amide bonds. The van der Waals surface area contributed by atoms with E-state index >= 15 is 0 Å². The fourth-order valence-corrected chi connectivity index (χ4v) is 3.66. The van der Waals surface area contributed by atoms with Gasteiger partial charge in [0, 0.05) is 16.0 Å². The zero-order valence-corrected chi connectivity index (χ0v) is 18.1. The third-order valence-electron chi connectivity index (χ3n) is 5.27. The number of nitrogens with zero attached hydrogens (tertiary/aromatic N) is 6. The van der Waals surface area contributed by atoms with Crippen LogP contribution in [0.5, 0.6) is 11.5 Å². The first-order chi connectivity index (χ1) is 16.2. The van der Waals surface area contributed by atoms with E-state index in [2.05, 4.69) is 37.6 Å². The molecule has 1 heterocycles. The molecular weight excluding hydrogens is 418 g/mol. The number of phenolic OH excluding ortho intramolecular Hbond substituents is 1. The Bertz CT molecular complexity index is 1250. The fraction of sp³-hybridized carbons (Fsp3) is 0.208. The van der Waals surface area contributed by atoms with E-state index in [9.17, 15) is 5.11 Å². The molecule has 0 saturated carbocycles. The van der Waals surface area contributed by atoms with Crippen LogP contribution in [0.2, 0.25) is 0 Å². The molecule has 0 fully saturated rings. The molecule has 0 bridgehead atoms. The van der Waals surface area contributed by atoms with Crippen LogP contribution < -0.4 is 4.74 Å². The third kappa shape index (κ3) is 5.11. The summed E-state index contributed by atoms with van der Waals surface area (Å²) in [7, 11) is 0. The van der Waals surface area contributed by atoms with Crippen LogP contribution >= 0.6 is 0 Å². The highest BCUT2D eigenvalue weighted by Crippen LogP contribution is 2.31. The molecule has 9 nitrogen and oxygen atoms in total. The topological polar surface area (TPSA) is 133 Å². The minimum absolute atomic E-state index is 0.255. The van der Waals surface area contributed by atoms with Gasteiger partial charge < -0.3 is 9.84 Å². The molecule has 166 valence electrons. The zero-order valence-electron chi connectivity index (χ0n) is 18.1. The van der Waals surface area contributed by atoms with Gasteiger partial charge in [0.2, 0.25) is 5.82 Å². The molecule has 9 heteroatoms. The largest absolute Gasteiger partial charge is 0.508 e. The number of azide groups is 1. The molecule has 0 aliphatic carbocycles. The number of tetrazole rings is 1. The number of hydrogen-bond donors (Lipinski definition) is 2. The van der Waals surface area contributed by atoms with E-state index in [1.54, 1.807) is 12.1 Å². The first-order valence-corrected chi connectivity index (χ1v) is 10.6. The number of hydrogen-bond acceptors (Lipinski definition) is 6. The minimum atomic E-state index is -0.501. The molecule has 33 heavy (non-hydrogen) atoms. The smallest absolute Gasteiger partial charge is 0.204 e. The highest BCUT2D eigenvalue weighted by Gasteiger charge is 2.15. The van der Waals surface area contributed by atoms with Gasteiger partial charge in [-0.05, 0) is 52.1 Å². The number of aromatic hydroxyl groups is 1. The lowest BCUT2D eigenvalue weighted by Gasteiger charge is -2.15. The average molecular weight is 441 g/mol. The van der Waals surface area contributed by atoms with Crippen molar-refractivity contribution in [2.45, 2.75) is 32.4 Å². The Morgan fingerprint density at radius 1 is 1.09 bits per heavy atom. The van der Waals surface area contributed by atoms with Gasteiger partial charge in [-0.25, -0.2) is 0 Å². The highest BCUT2D eigenvalue weighted by atomic mass is 16.5. The number of nitrogens with one attached hydrogen (secondary N) is 1. The van der Waals surface area contributed by atoms with Gasteiger partial charge in [-0.15, -0.1) is 10.2 Å². The maximum absolute atomic E-state index is 10.1. The number of aromatic nitrogens is 4. The van der Waals surface area contributed by atoms with Crippen molar-refractivity contribution in [3.8, 4) is 22.9 Å². The van der Waals surface area contributed by atoms with Crippen molar-refractivity contribution in [2.24, 2.45) is 5.11 Å². The Kier molecular flexibility index (Phi) is 6.82. The van der Waals surface area contributed by atoms with E-state index in [0.29, 0.717) is 18.2 Å². The van der Waals surface area contributed by atoms with Crippen molar-refractivity contribution in [1.82, 2.24) is 20.6 Å². The first-order valence-electron chi connectivity index (χ1n) is 10.6. The summed E-state index contributed by atoms with van der Waals surface area (Å²) < 4.78 is 5.98. The van der Waals surface area contributed by atoms with Crippen molar-refractivity contribution in [3.05, 3.63) is 99.4 Å². The monoisotopic (exact) mass is 441 g/mol. The zero-order chi connectivity index (χ0) is 23.0. The van der Waals surface area contributed by atoms with Gasteiger partial charge in [-0.3, -0.25) is 0 Å². The number of phenols is 1. The van der Waals surface area contributed by atoms with E-state index in [4.69, 9.17) is 10.3 Å². The standard InChI is InChI=1S/C24H23N7O2/c1-2-5-20-21(32)8-4-9-22(20)33-15-16-10-12-17(13-11-16)23(26-29-25)18-6-3-7-19(14-18)24-27-30-31-28-24/h3-4,6-14,23,32H,2,5,15H2,1H3,(H,27,28,30,31). The van der Waals surface area contributed by atoms with Crippen LogP contribution in [0.25, 0.3) is 21.8 Å². The number of benzene rings is 3. The summed E-state index contributed by atoms with van der Waals surface area (Å²) in [5, 5.41) is 28.2. The summed E-state index contributed by atoms with van der Waals surface area (Å²) in [5.41, 5.74) is 13.4. The average Bonchev–Trinajstić information content (AvgIpc) is 3.39. The van der Waals surface area contributed by atoms with Gasteiger partial charge in [0.25, 0.3) is 0 Å². The number of H-pyrrole nitrogens is 1. The molecule has 4 rings (SSSR count). The van der Waals surface area contributed by atoms with E-state index in [0.717, 1.165) is 40.7 Å². The molecule has 1 atom stereocenters. The normalized spacial score (nSPS) is 11.5. The molecule has 0 saturated heterocycles. The fourth-order valence-electron chi connectivity index (χ4n) is 3.66. The van der Waals surface area contributed by atoms with Gasteiger partial charge in [0.15, 0.2) is 0 Å². The van der Waals surface area contributed by atoms with E-state index in [1.165, 1.54) is 0 Å². The van der Waals surface area contributed by atoms with Crippen LogP contribution in [0.1, 0.15) is 41.6 Å². The summed E-state index contributed by atoms with van der Waals surface area (Å²) in [6.07, 6.45) is 1.66. The Morgan fingerprint density at radius 3 is 2.64 bits per heavy atom. The van der Waals surface area contributed by atoms with Crippen molar-refractivity contribution in [1.29, 1.82) is 0 Å². The van der Waals surface area contributed by atoms with Crippen molar-refractivity contribution in [2.75, 3.05) is 0 Å². The Balaban J connectivity index is 1.53. The summed E-state index contributed by atoms with van der Waals surface area (Å²) in [4.78, 5) is 3.04. The van der Waals surface area contributed by atoms with Crippen molar-refractivity contribution in [3.63, 3.8) is 0 Å². The predicted octanol–water partition coefficient (Wildman–Crippen LogP) is 5.50. The number of rotatable bonds is 9. The maximum Gasteiger partial charge on any atom is 0.204 e. The SMILES string of the molecule is CCCc1c(O)cccc1OCc1ccc(C(N=[N+]=[N-])c2cccc(-c3nn[nH]n3)c2)cc1. The predicted molar refractivity (Wildman–Crippen MR) is 123 cm³/mol. The van der Waals surface area contributed by atoms with E-state index in [-0.39, 0.29) is 5.75 Å². The van der Waals surface area contributed by atoms with Crippen LogP contribution in [0.3, 0.4) is 0 Å². The molecule has 0 aliphatic heterocycles. The van der Waals surface area contributed by atoms with Crippen LogP contribution in [0.15, 0.2) is 71.8 Å². The molecule has 0 spiro atoms. The van der Waals surface area contributed by atoms with Crippen LogP contribution in [0, 0.1) is 0 Å². The van der Waals surface area contributed by atoms with E-state index in [1.807, 2.05) is 54.6 Å². The first kappa shape index (κ1) is 21.9. The van der Waals surface area contributed by atoms with Crippen LogP contribution in [-0.4, -0.2) is 25.7 Å². The van der Waals surface area contributed by atoms with Crippen molar-refractivity contribution < 1.29 is 9.84 Å². The Hall–Kier alpha value is -4.36. The molecule has 1 aromatic heterocycles. The second kappa shape index (κ2) is 10.3. The Labute approximate surface area is 190 Å². The van der Waals surface area contributed by atoms with Crippen LogP contribution in [-0.2, 0) is 13.0 Å². The quantitative estimate of drug-likeness (QED) is 0.201. The van der Waals surface area contributed by atoms with Gasteiger partial charge in [0.05, 0.1) is 6.04 Å².